The number of hydrogen-bond donors (Lipinski definition) is 5. The maximum atomic E-state index is 13.5. The van der Waals surface area contributed by atoms with Crippen molar-refractivity contribution in [1.29, 1.82) is 0 Å². The Kier molecular flexibility index (Phi) is 13.2. The zero-order valence-electron chi connectivity index (χ0n) is 28.6. The summed E-state index contributed by atoms with van der Waals surface area (Å²) in [6.45, 7) is 4.98. The molecule has 9 heteroatoms. The predicted octanol–water partition coefficient (Wildman–Crippen LogP) is 6.15. The Hall–Kier alpha value is -5.32. The van der Waals surface area contributed by atoms with Crippen LogP contribution in [0.4, 0.5) is 8.78 Å². The molecule has 0 saturated heterocycles. The maximum Gasteiger partial charge on any atom is 0.335 e. The summed E-state index contributed by atoms with van der Waals surface area (Å²) in [5, 5.41) is 30.5. The lowest BCUT2D eigenvalue weighted by Crippen LogP contribution is -2.45. The third-order valence-electron chi connectivity index (χ3n) is 8.51. The molecule has 51 heavy (non-hydrogen) atoms. The van der Waals surface area contributed by atoms with E-state index in [4.69, 9.17) is 15.9 Å². The van der Waals surface area contributed by atoms with Gasteiger partial charge in [0.15, 0.2) is 0 Å². The number of nitrogens with two attached hydrogens (primary N) is 1. The summed E-state index contributed by atoms with van der Waals surface area (Å²) in [5.74, 6) is 10.3. The maximum absolute atomic E-state index is 13.5. The van der Waals surface area contributed by atoms with Crippen molar-refractivity contribution >= 4 is 11.9 Å². The molecule has 6 N–H and O–H groups in total. The fraction of sp³-hybridized carbons (Fsp3) is 0.286. The van der Waals surface area contributed by atoms with Crippen LogP contribution < -0.4 is 11.1 Å². The molecule has 0 aromatic heterocycles. The monoisotopic (exact) mass is 692 g/mol. The predicted molar refractivity (Wildman–Crippen MR) is 193 cm³/mol. The first-order valence-electron chi connectivity index (χ1n) is 16.6. The number of halogens is 2. The molecular weight excluding hydrogens is 650 g/mol. The third-order valence-corrected chi connectivity index (χ3v) is 8.51. The Morgan fingerprint density at radius 1 is 0.686 bits per heavy atom. The van der Waals surface area contributed by atoms with Gasteiger partial charge in [0, 0.05) is 23.2 Å². The Balaban J connectivity index is 0.000000194. The fourth-order valence-corrected chi connectivity index (χ4v) is 5.82. The number of amides is 1. The molecule has 1 amide bonds. The minimum atomic E-state index is -0.983. The van der Waals surface area contributed by atoms with E-state index in [1.807, 2.05) is 13.8 Å². The Labute approximate surface area is 297 Å². The van der Waals surface area contributed by atoms with Crippen molar-refractivity contribution < 1.29 is 33.7 Å². The Morgan fingerprint density at radius 2 is 1.10 bits per heavy atom. The second kappa shape index (κ2) is 17.6. The average Bonchev–Trinajstić information content (AvgIpc) is 3.09. The van der Waals surface area contributed by atoms with Crippen LogP contribution in [0.25, 0.3) is 0 Å². The summed E-state index contributed by atoms with van der Waals surface area (Å²) in [4.78, 5) is 22.8. The summed E-state index contributed by atoms with van der Waals surface area (Å²) in [5.41, 5.74) is 7.17. The molecule has 264 valence electrons. The highest BCUT2D eigenvalue weighted by Crippen LogP contribution is 2.37. The number of carboxylic acid groups (broad SMARTS) is 1. The molecule has 0 atom stereocenters. The fourth-order valence-electron chi connectivity index (χ4n) is 5.82. The van der Waals surface area contributed by atoms with Crippen LogP contribution in [-0.2, 0) is 0 Å². The van der Waals surface area contributed by atoms with Gasteiger partial charge in [0.2, 0.25) is 0 Å². The van der Waals surface area contributed by atoms with Gasteiger partial charge >= 0.3 is 5.97 Å². The van der Waals surface area contributed by atoms with Crippen LogP contribution in [0, 0.1) is 47.2 Å². The van der Waals surface area contributed by atoms with Gasteiger partial charge in [-0.3, -0.25) is 4.79 Å². The molecule has 4 aromatic carbocycles. The topological polar surface area (TPSA) is 133 Å². The highest BCUT2D eigenvalue weighted by molar-refractivity contribution is 5.94. The zero-order chi connectivity index (χ0) is 37.0. The molecule has 7 nitrogen and oxygen atoms in total. The molecule has 0 bridgehead atoms. The van der Waals surface area contributed by atoms with Crippen LogP contribution in [-0.4, -0.2) is 51.5 Å². The van der Waals surface area contributed by atoms with E-state index in [2.05, 4.69) is 29.0 Å². The van der Waals surface area contributed by atoms with Gasteiger partial charge in [-0.1, -0.05) is 47.9 Å². The van der Waals surface area contributed by atoms with Crippen LogP contribution >= 0.6 is 0 Å². The van der Waals surface area contributed by atoms with Crippen molar-refractivity contribution in [3.8, 4) is 23.7 Å². The van der Waals surface area contributed by atoms with Crippen molar-refractivity contribution in [3.05, 3.63) is 142 Å². The minimum absolute atomic E-state index is 0.139. The van der Waals surface area contributed by atoms with Gasteiger partial charge in [0.25, 0.3) is 5.91 Å². The molecule has 2 fully saturated rings. The highest BCUT2D eigenvalue weighted by Gasteiger charge is 2.38. The molecule has 0 aliphatic heterocycles. The van der Waals surface area contributed by atoms with Crippen molar-refractivity contribution in [3.63, 3.8) is 0 Å². The zero-order valence-corrected chi connectivity index (χ0v) is 28.6. The van der Waals surface area contributed by atoms with Crippen molar-refractivity contribution in [2.45, 2.75) is 50.7 Å². The summed E-state index contributed by atoms with van der Waals surface area (Å²) in [6.07, 6.45) is 3.22. The largest absolute Gasteiger partial charge is 0.478 e. The first-order valence-corrected chi connectivity index (χ1v) is 16.6. The van der Waals surface area contributed by atoms with E-state index in [1.165, 1.54) is 24.3 Å². The minimum Gasteiger partial charge on any atom is -0.478 e. The molecule has 4 aromatic rings. The Morgan fingerprint density at radius 3 is 1.47 bits per heavy atom. The van der Waals surface area contributed by atoms with E-state index in [0.717, 1.165) is 37.8 Å². The van der Waals surface area contributed by atoms with E-state index in [0.29, 0.717) is 40.6 Å². The van der Waals surface area contributed by atoms with Gasteiger partial charge in [-0.2, -0.15) is 0 Å². The molecule has 0 unspecified atom stereocenters. The van der Waals surface area contributed by atoms with Gasteiger partial charge < -0.3 is 26.4 Å². The van der Waals surface area contributed by atoms with Crippen LogP contribution in [0.5, 0.6) is 0 Å². The molecule has 6 rings (SSSR count). The van der Waals surface area contributed by atoms with Gasteiger partial charge in [0.1, 0.15) is 11.6 Å². The van der Waals surface area contributed by atoms with Gasteiger partial charge in [0.05, 0.1) is 27.9 Å². The normalized spacial score (nSPS) is 21.2. The summed E-state index contributed by atoms with van der Waals surface area (Å²) >= 11 is 0. The molecule has 0 radical (unpaired) electrons. The number of rotatable bonds is 5. The van der Waals surface area contributed by atoms with E-state index >= 15 is 0 Å². The smallest absolute Gasteiger partial charge is 0.335 e. The number of aliphatic hydroxyl groups is 2. The number of nitrogens with one attached hydrogen (secondary N) is 1. The van der Waals surface area contributed by atoms with E-state index in [1.54, 1.807) is 72.8 Å². The number of carbonyl (C=O) groups excluding carboxylic acids is 1. The van der Waals surface area contributed by atoms with E-state index in [-0.39, 0.29) is 28.7 Å². The summed E-state index contributed by atoms with van der Waals surface area (Å²) < 4.78 is 26.8. The molecular formula is C42H42F2N2O5. The van der Waals surface area contributed by atoms with Crippen molar-refractivity contribution in [2.24, 2.45) is 17.6 Å². The summed E-state index contributed by atoms with van der Waals surface area (Å²) in [6, 6.07) is 25.6. The van der Waals surface area contributed by atoms with E-state index < -0.39 is 11.6 Å². The number of aromatic carboxylic acids is 1. The second-order valence-electron chi connectivity index (χ2n) is 13.4. The molecule has 2 aliphatic carbocycles. The van der Waals surface area contributed by atoms with Crippen LogP contribution in [0.2, 0.25) is 0 Å². The summed E-state index contributed by atoms with van der Waals surface area (Å²) in [7, 11) is 0. The first-order chi connectivity index (χ1) is 24.2. The quantitative estimate of drug-likeness (QED) is 0.160. The number of carboxylic acids is 1. The van der Waals surface area contributed by atoms with Gasteiger partial charge in [-0.25, -0.2) is 13.6 Å². The van der Waals surface area contributed by atoms with Crippen LogP contribution in [0.3, 0.4) is 0 Å². The Bertz CT molecular complexity index is 1920. The number of benzene rings is 4. The van der Waals surface area contributed by atoms with Crippen molar-refractivity contribution in [2.75, 3.05) is 13.1 Å². The van der Waals surface area contributed by atoms with E-state index in [9.17, 15) is 23.5 Å². The molecule has 0 spiro atoms. The molecule has 2 saturated carbocycles. The highest BCUT2D eigenvalue weighted by atomic mass is 19.1. The second-order valence-corrected chi connectivity index (χ2v) is 13.4. The number of hydrogen-bond acceptors (Lipinski definition) is 5. The first kappa shape index (κ1) is 38.5. The molecule has 0 heterocycles. The standard InChI is InChI=1S/C21H20FNO2.C15H9FO2.C6H13NO/c1-21(25)12-16(13-21)14-23-20(24)18-10-7-15(8-11-18)6-9-17-4-2-3-5-19(17)22;16-14-4-2-1-3-12(14)8-5-11-6-9-13(10-7-11)15(17)18;1-6(8)2-5(3-6)4-7/h2-5,7-8,10-11,16,25H,12-14H2,1H3,(H,23,24);1-4,6-7,9-10H,(H,17,18);5,8H,2-4,7H2,1H3. The van der Waals surface area contributed by atoms with Crippen LogP contribution in [0.15, 0.2) is 97.1 Å². The number of carbonyl (C=O) groups is 2. The lowest BCUT2D eigenvalue weighted by molar-refractivity contribution is -0.0556. The lowest BCUT2D eigenvalue weighted by atomic mass is 9.72. The SMILES string of the molecule is CC1(O)CC(CN)C1.CC1(O)CC(CNC(=O)c2ccc(C#Cc3ccccc3F)cc2)C1.O=C(O)c1ccc(C#Cc2ccccc2F)cc1. The molecule has 2 aliphatic rings. The third kappa shape index (κ3) is 12.2. The van der Waals surface area contributed by atoms with Gasteiger partial charge in [-0.05, 0) is 131 Å². The van der Waals surface area contributed by atoms with Crippen LogP contribution in [0.1, 0.15) is 82.5 Å². The van der Waals surface area contributed by atoms with Crippen molar-refractivity contribution in [1.82, 2.24) is 5.32 Å². The average molecular weight is 693 g/mol. The van der Waals surface area contributed by atoms with Gasteiger partial charge in [-0.15, -0.1) is 0 Å². The lowest BCUT2D eigenvalue weighted by Gasteiger charge is -2.40.